The van der Waals surface area contributed by atoms with Gasteiger partial charge in [0.1, 0.15) is 17.6 Å². The Morgan fingerprint density at radius 1 is 1.20 bits per heavy atom. The number of carbonyl (C=O) groups is 1. The maximum atomic E-state index is 13.2. The van der Waals surface area contributed by atoms with E-state index in [1.54, 1.807) is 62.3 Å². The summed E-state index contributed by atoms with van der Waals surface area (Å²) < 4.78 is 40.9. The second-order valence-electron chi connectivity index (χ2n) is 6.47. The number of aromatic nitrogens is 2. The van der Waals surface area contributed by atoms with Gasteiger partial charge in [-0.2, -0.15) is 4.72 Å². The smallest absolute Gasteiger partial charge is 0.338 e. The molecule has 1 aromatic heterocycles. The lowest BCUT2D eigenvalue weighted by atomic mass is 10.1. The van der Waals surface area contributed by atoms with Gasteiger partial charge in [0.15, 0.2) is 0 Å². The van der Waals surface area contributed by atoms with Crippen molar-refractivity contribution >= 4 is 16.0 Å². The van der Waals surface area contributed by atoms with E-state index in [-0.39, 0.29) is 17.1 Å². The molecule has 3 rings (SSSR count). The number of imidazole rings is 1. The molecule has 0 saturated heterocycles. The van der Waals surface area contributed by atoms with Crippen LogP contribution in [0.25, 0.3) is 0 Å². The minimum atomic E-state index is -3.98. The lowest BCUT2D eigenvalue weighted by Crippen LogP contribution is -2.31. The number of methoxy groups -OCH3 is 1. The van der Waals surface area contributed by atoms with Crippen molar-refractivity contribution in [3.8, 4) is 5.75 Å². The van der Waals surface area contributed by atoms with Gasteiger partial charge in [0, 0.05) is 19.4 Å². The first kappa shape index (κ1) is 21.5. The molecule has 0 amide bonds. The molecule has 3 aromatic rings. The van der Waals surface area contributed by atoms with Crippen molar-refractivity contribution in [2.75, 3.05) is 13.7 Å². The number of rotatable bonds is 8. The van der Waals surface area contributed by atoms with Gasteiger partial charge in [-0.25, -0.2) is 18.2 Å². The zero-order valence-corrected chi connectivity index (χ0v) is 17.7. The molecule has 2 aromatic carbocycles. The lowest BCUT2D eigenvalue weighted by Gasteiger charge is -2.19. The molecule has 0 aliphatic rings. The minimum Gasteiger partial charge on any atom is -0.497 e. The number of benzene rings is 2. The van der Waals surface area contributed by atoms with Crippen LogP contribution in [0.15, 0.2) is 65.8 Å². The molecule has 0 spiro atoms. The van der Waals surface area contributed by atoms with Crippen molar-refractivity contribution < 1.29 is 22.7 Å². The molecule has 0 bridgehead atoms. The minimum absolute atomic E-state index is 0.0410. The third-order valence-electron chi connectivity index (χ3n) is 4.49. The molecule has 0 aliphatic heterocycles. The number of nitrogens with zero attached hydrogens (tertiary/aromatic N) is 2. The van der Waals surface area contributed by atoms with Crippen LogP contribution in [-0.2, 0) is 21.8 Å². The van der Waals surface area contributed by atoms with E-state index in [0.717, 1.165) is 0 Å². The Bertz CT molecular complexity index is 1120. The van der Waals surface area contributed by atoms with E-state index < -0.39 is 22.0 Å². The van der Waals surface area contributed by atoms with Gasteiger partial charge in [0.25, 0.3) is 0 Å². The molecule has 0 saturated carbocycles. The number of hydrogen-bond acceptors (Lipinski definition) is 6. The van der Waals surface area contributed by atoms with Crippen LogP contribution in [0.3, 0.4) is 0 Å². The normalized spacial score (nSPS) is 12.4. The number of nitrogens with one attached hydrogen (secondary N) is 1. The van der Waals surface area contributed by atoms with Gasteiger partial charge >= 0.3 is 5.97 Å². The molecule has 158 valence electrons. The van der Waals surface area contributed by atoms with Gasteiger partial charge in [0.05, 0.1) is 24.2 Å². The molecular weight excluding hydrogens is 406 g/mol. The Kier molecular flexibility index (Phi) is 6.53. The summed E-state index contributed by atoms with van der Waals surface area (Å²) in [6.45, 7) is 1.89. The largest absolute Gasteiger partial charge is 0.497 e. The summed E-state index contributed by atoms with van der Waals surface area (Å²) in [6.07, 6.45) is 3.34. The van der Waals surface area contributed by atoms with E-state index >= 15 is 0 Å². The van der Waals surface area contributed by atoms with Crippen molar-refractivity contribution in [1.29, 1.82) is 0 Å². The van der Waals surface area contributed by atoms with E-state index in [0.29, 0.717) is 17.1 Å². The standard InChI is InChI=1S/C21H23N3O5S/c1-4-29-21(25)16-6-5-7-18(14-16)30(26,27)23-19(20-22-12-13-24(20)2)15-8-10-17(28-3)11-9-15/h5-14,19,23H,4H2,1-3H3. The van der Waals surface area contributed by atoms with Crippen LogP contribution in [0.5, 0.6) is 5.75 Å². The quantitative estimate of drug-likeness (QED) is 0.553. The van der Waals surface area contributed by atoms with Gasteiger partial charge in [-0.15, -0.1) is 0 Å². The number of aryl methyl sites for hydroxylation is 1. The van der Waals surface area contributed by atoms with Crippen molar-refractivity contribution in [1.82, 2.24) is 14.3 Å². The molecule has 8 nitrogen and oxygen atoms in total. The maximum absolute atomic E-state index is 13.2. The van der Waals surface area contributed by atoms with Gasteiger partial charge < -0.3 is 14.0 Å². The van der Waals surface area contributed by atoms with E-state index in [9.17, 15) is 13.2 Å². The van der Waals surface area contributed by atoms with E-state index in [4.69, 9.17) is 9.47 Å². The molecule has 0 aliphatic carbocycles. The monoisotopic (exact) mass is 429 g/mol. The second-order valence-corrected chi connectivity index (χ2v) is 8.19. The van der Waals surface area contributed by atoms with Crippen LogP contribution >= 0.6 is 0 Å². The molecule has 1 N–H and O–H groups in total. The third-order valence-corrected chi connectivity index (χ3v) is 5.91. The van der Waals surface area contributed by atoms with Crippen LogP contribution in [0.2, 0.25) is 0 Å². The van der Waals surface area contributed by atoms with Gasteiger partial charge in [-0.1, -0.05) is 18.2 Å². The Balaban J connectivity index is 1.98. The number of ether oxygens (including phenoxy) is 2. The van der Waals surface area contributed by atoms with E-state index in [2.05, 4.69) is 9.71 Å². The summed E-state index contributed by atoms with van der Waals surface area (Å²) in [6, 6.07) is 12.0. The number of hydrogen-bond donors (Lipinski definition) is 1. The topological polar surface area (TPSA) is 99.5 Å². The van der Waals surface area contributed by atoms with Crippen molar-refractivity contribution in [2.45, 2.75) is 17.9 Å². The SMILES string of the molecule is CCOC(=O)c1cccc(S(=O)(=O)NC(c2ccc(OC)cc2)c2nccn2C)c1. The van der Waals surface area contributed by atoms with Gasteiger partial charge in [0.2, 0.25) is 10.0 Å². The van der Waals surface area contributed by atoms with Gasteiger partial charge in [-0.05, 0) is 42.8 Å². The van der Waals surface area contributed by atoms with Crippen LogP contribution in [-0.4, -0.2) is 37.7 Å². The molecule has 1 unspecified atom stereocenters. The Labute approximate surface area is 175 Å². The van der Waals surface area contributed by atoms with E-state index in [1.807, 2.05) is 0 Å². The summed E-state index contributed by atoms with van der Waals surface area (Å²) in [5.41, 5.74) is 0.855. The summed E-state index contributed by atoms with van der Waals surface area (Å²) in [4.78, 5) is 16.3. The molecule has 1 heterocycles. The fourth-order valence-electron chi connectivity index (χ4n) is 2.95. The summed E-state index contributed by atoms with van der Waals surface area (Å²) in [5, 5.41) is 0. The van der Waals surface area contributed by atoms with Crippen molar-refractivity contribution in [3.63, 3.8) is 0 Å². The first-order valence-electron chi connectivity index (χ1n) is 9.26. The summed E-state index contributed by atoms with van der Waals surface area (Å²) >= 11 is 0. The fourth-order valence-corrected chi connectivity index (χ4v) is 4.18. The average Bonchev–Trinajstić information content (AvgIpc) is 3.18. The zero-order valence-electron chi connectivity index (χ0n) is 16.9. The second kappa shape index (κ2) is 9.10. The number of carbonyl (C=O) groups excluding carboxylic acids is 1. The van der Waals surface area contributed by atoms with E-state index in [1.165, 1.54) is 24.3 Å². The third kappa shape index (κ3) is 4.69. The Morgan fingerprint density at radius 3 is 2.53 bits per heavy atom. The summed E-state index contributed by atoms with van der Waals surface area (Å²) in [5.74, 6) is 0.595. The van der Waals surface area contributed by atoms with Crippen LogP contribution < -0.4 is 9.46 Å². The van der Waals surface area contributed by atoms with Crippen LogP contribution in [0, 0.1) is 0 Å². The van der Waals surface area contributed by atoms with Crippen molar-refractivity contribution in [3.05, 3.63) is 77.9 Å². The maximum Gasteiger partial charge on any atom is 0.338 e. The van der Waals surface area contributed by atoms with Crippen molar-refractivity contribution in [2.24, 2.45) is 7.05 Å². The molecule has 9 heteroatoms. The molecule has 0 fully saturated rings. The number of esters is 1. The number of sulfonamides is 1. The average molecular weight is 429 g/mol. The summed E-state index contributed by atoms with van der Waals surface area (Å²) in [7, 11) is -0.633. The predicted octanol–water partition coefficient (Wildman–Crippen LogP) is 2.67. The first-order chi connectivity index (χ1) is 14.4. The molecule has 0 radical (unpaired) electrons. The fraction of sp³-hybridized carbons (Fsp3) is 0.238. The lowest BCUT2D eigenvalue weighted by molar-refractivity contribution is 0.0526. The molecule has 30 heavy (non-hydrogen) atoms. The highest BCUT2D eigenvalue weighted by molar-refractivity contribution is 7.89. The highest BCUT2D eigenvalue weighted by atomic mass is 32.2. The van der Waals surface area contributed by atoms with Crippen LogP contribution in [0.4, 0.5) is 0 Å². The predicted molar refractivity (Wildman–Crippen MR) is 111 cm³/mol. The molecular formula is C21H23N3O5S. The highest BCUT2D eigenvalue weighted by Crippen LogP contribution is 2.25. The highest BCUT2D eigenvalue weighted by Gasteiger charge is 2.26. The Hall–Kier alpha value is -3.17. The van der Waals surface area contributed by atoms with Gasteiger partial charge in [-0.3, -0.25) is 0 Å². The zero-order chi connectivity index (χ0) is 21.7. The molecule has 1 atom stereocenters. The first-order valence-corrected chi connectivity index (χ1v) is 10.7. The Morgan fingerprint density at radius 2 is 1.93 bits per heavy atom. The van der Waals surface area contributed by atoms with Crippen LogP contribution in [0.1, 0.15) is 34.7 Å².